The largest absolute Gasteiger partial charge is 0.480 e. The van der Waals surface area contributed by atoms with Gasteiger partial charge in [-0.15, -0.1) is 15.0 Å². The molecule has 9 heteroatoms. The van der Waals surface area contributed by atoms with Gasteiger partial charge in [0.25, 0.3) is 5.69 Å². The second-order valence-corrected chi connectivity index (χ2v) is 4.00. The minimum atomic E-state index is -1.04. The summed E-state index contributed by atoms with van der Waals surface area (Å²) in [5.41, 5.74) is 0.486. The van der Waals surface area contributed by atoms with Gasteiger partial charge >= 0.3 is 5.97 Å². The van der Waals surface area contributed by atoms with Crippen LogP contribution in [0.5, 0.6) is 0 Å². The molecule has 0 bridgehead atoms. The molecule has 0 amide bonds. The number of benzene rings is 1. The van der Waals surface area contributed by atoms with E-state index in [1.54, 1.807) is 6.92 Å². The Morgan fingerprint density at radius 2 is 2.10 bits per heavy atom. The smallest absolute Gasteiger partial charge is 0.330 e. The van der Waals surface area contributed by atoms with Gasteiger partial charge in [0.15, 0.2) is 6.04 Å². The number of nitro benzene ring substituents is 1. The summed E-state index contributed by atoms with van der Waals surface area (Å²) < 4.78 is 0. The van der Waals surface area contributed by atoms with Crippen LogP contribution >= 0.6 is 0 Å². The topological polar surface area (TPSA) is 124 Å². The SMILES string of the molecule is CCC(C(=O)O)n1nnc(-c2ccc([N+](=O)[O-])cc2)n1. The quantitative estimate of drug-likeness (QED) is 0.644. The van der Waals surface area contributed by atoms with Crippen molar-refractivity contribution in [2.75, 3.05) is 0 Å². The highest BCUT2D eigenvalue weighted by atomic mass is 16.6. The van der Waals surface area contributed by atoms with E-state index in [0.717, 1.165) is 4.80 Å². The summed E-state index contributed by atoms with van der Waals surface area (Å²) in [7, 11) is 0. The minimum Gasteiger partial charge on any atom is -0.480 e. The highest BCUT2D eigenvalue weighted by molar-refractivity contribution is 5.71. The van der Waals surface area contributed by atoms with Crippen molar-refractivity contribution in [1.29, 1.82) is 0 Å². The third kappa shape index (κ3) is 2.60. The number of aliphatic carboxylic acids is 1. The first-order valence-electron chi connectivity index (χ1n) is 5.80. The maximum Gasteiger partial charge on any atom is 0.330 e. The number of rotatable bonds is 5. The lowest BCUT2D eigenvalue weighted by Gasteiger charge is -2.06. The van der Waals surface area contributed by atoms with E-state index in [0.29, 0.717) is 12.0 Å². The van der Waals surface area contributed by atoms with Crippen LogP contribution in [0, 0.1) is 10.1 Å². The van der Waals surface area contributed by atoms with Crippen molar-refractivity contribution in [3.63, 3.8) is 0 Å². The number of carboxylic acids is 1. The highest BCUT2D eigenvalue weighted by Crippen LogP contribution is 2.19. The molecule has 1 atom stereocenters. The molecule has 0 aliphatic heterocycles. The molecule has 0 radical (unpaired) electrons. The van der Waals surface area contributed by atoms with E-state index in [2.05, 4.69) is 15.4 Å². The number of nitrogens with zero attached hydrogens (tertiary/aromatic N) is 5. The summed E-state index contributed by atoms with van der Waals surface area (Å²) in [6.07, 6.45) is 0.325. The summed E-state index contributed by atoms with van der Waals surface area (Å²) in [5, 5.41) is 31.0. The van der Waals surface area contributed by atoms with E-state index in [-0.39, 0.29) is 11.5 Å². The molecule has 0 fully saturated rings. The Labute approximate surface area is 113 Å². The summed E-state index contributed by atoms with van der Waals surface area (Å²) in [4.78, 5) is 22.1. The monoisotopic (exact) mass is 277 g/mol. The van der Waals surface area contributed by atoms with Crippen LogP contribution in [0.25, 0.3) is 11.4 Å². The van der Waals surface area contributed by atoms with Crippen LogP contribution in [-0.2, 0) is 4.79 Å². The van der Waals surface area contributed by atoms with Gasteiger partial charge in [-0.25, -0.2) is 4.79 Å². The van der Waals surface area contributed by atoms with Gasteiger partial charge in [-0.1, -0.05) is 6.92 Å². The number of aromatic nitrogens is 4. The minimum absolute atomic E-state index is 0.0434. The number of nitro groups is 1. The van der Waals surface area contributed by atoms with Crippen molar-refractivity contribution >= 4 is 11.7 Å². The predicted octanol–water partition coefficient (Wildman–Crippen LogP) is 1.28. The van der Waals surface area contributed by atoms with Gasteiger partial charge in [0.05, 0.1) is 4.92 Å². The van der Waals surface area contributed by atoms with E-state index >= 15 is 0 Å². The molecule has 2 aromatic rings. The highest BCUT2D eigenvalue weighted by Gasteiger charge is 2.21. The molecular formula is C11H11N5O4. The normalized spacial score (nSPS) is 12.1. The van der Waals surface area contributed by atoms with Crippen molar-refractivity contribution in [2.24, 2.45) is 0 Å². The van der Waals surface area contributed by atoms with Crippen molar-refractivity contribution in [3.05, 3.63) is 34.4 Å². The average Bonchev–Trinajstić information content (AvgIpc) is 2.88. The lowest BCUT2D eigenvalue weighted by atomic mass is 10.2. The fourth-order valence-electron chi connectivity index (χ4n) is 1.64. The molecule has 0 aliphatic carbocycles. The molecule has 1 aromatic carbocycles. The molecule has 9 nitrogen and oxygen atoms in total. The number of hydrogen-bond acceptors (Lipinski definition) is 6. The van der Waals surface area contributed by atoms with Gasteiger partial charge in [0, 0.05) is 17.7 Å². The number of hydrogen-bond donors (Lipinski definition) is 1. The van der Waals surface area contributed by atoms with Crippen LogP contribution < -0.4 is 0 Å². The van der Waals surface area contributed by atoms with Gasteiger partial charge < -0.3 is 5.11 Å². The van der Waals surface area contributed by atoms with Crippen LogP contribution in [0.15, 0.2) is 24.3 Å². The number of tetrazole rings is 1. The average molecular weight is 277 g/mol. The fourth-order valence-corrected chi connectivity index (χ4v) is 1.64. The van der Waals surface area contributed by atoms with Crippen LogP contribution in [0.3, 0.4) is 0 Å². The fraction of sp³-hybridized carbons (Fsp3) is 0.273. The molecule has 2 rings (SSSR count). The molecular weight excluding hydrogens is 266 g/mol. The molecule has 1 N–H and O–H groups in total. The van der Waals surface area contributed by atoms with E-state index in [9.17, 15) is 14.9 Å². The molecule has 104 valence electrons. The van der Waals surface area contributed by atoms with Crippen LogP contribution in [-0.4, -0.2) is 36.2 Å². The summed E-state index contributed by atoms with van der Waals surface area (Å²) in [6, 6.07) is 4.74. The first-order chi connectivity index (χ1) is 9.52. The maximum atomic E-state index is 11.0. The second-order valence-electron chi connectivity index (χ2n) is 4.00. The van der Waals surface area contributed by atoms with Crippen molar-refractivity contribution < 1.29 is 14.8 Å². The second kappa shape index (κ2) is 5.43. The Balaban J connectivity index is 2.28. The molecule has 0 saturated heterocycles. The molecule has 20 heavy (non-hydrogen) atoms. The van der Waals surface area contributed by atoms with Crippen molar-refractivity contribution in [1.82, 2.24) is 20.2 Å². The van der Waals surface area contributed by atoms with Gasteiger partial charge in [-0.3, -0.25) is 10.1 Å². The van der Waals surface area contributed by atoms with E-state index in [1.807, 2.05) is 0 Å². The van der Waals surface area contributed by atoms with Gasteiger partial charge in [0.2, 0.25) is 5.82 Å². The molecule has 0 saturated carbocycles. The van der Waals surface area contributed by atoms with Crippen molar-refractivity contribution in [3.8, 4) is 11.4 Å². The molecule has 1 heterocycles. The Bertz CT molecular complexity index is 637. The first kappa shape index (κ1) is 13.6. The molecule has 0 spiro atoms. The van der Waals surface area contributed by atoms with Gasteiger partial charge in [-0.2, -0.15) is 0 Å². The predicted molar refractivity (Wildman–Crippen MR) is 66.9 cm³/mol. The summed E-state index contributed by atoms with van der Waals surface area (Å²) in [6.45, 7) is 1.70. The third-order valence-electron chi connectivity index (χ3n) is 2.72. The summed E-state index contributed by atoms with van der Waals surface area (Å²) >= 11 is 0. The van der Waals surface area contributed by atoms with E-state index in [1.165, 1.54) is 24.3 Å². The Morgan fingerprint density at radius 3 is 2.60 bits per heavy atom. The van der Waals surface area contributed by atoms with Gasteiger partial charge in [0.1, 0.15) is 0 Å². The van der Waals surface area contributed by atoms with Crippen LogP contribution in [0.2, 0.25) is 0 Å². The van der Waals surface area contributed by atoms with E-state index in [4.69, 9.17) is 5.11 Å². The first-order valence-corrected chi connectivity index (χ1v) is 5.80. The zero-order chi connectivity index (χ0) is 14.7. The lowest BCUT2D eigenvalue weighted by Crippen LogP contribution is -2.20. The number of non-ortho nitro benzene ring substituents is 1. The number of carbonyl (C=O) groups is 1. The van der Waals surface area contributed by atoms with Crippen LogP contribution in [0.4, 0.5) is 5.69 Å². The van der Waals surface area contributed by atoms with E-state index < -0.39 is 16.9 Å². The third-order valence-corrected chi connectivity index (χ3v) is 2.72. The Hall–Kier alpha value is -2.84. The molecule has 0 aliphatic rings. The Morgan fingerprint density at radius 1 is 1.45 bits per heavy atom. The lowest BCUT2D eigenvalue weighted by molar-refractivity contribution is -0.384. The van der Waals surface area contributed by atoms with Crippen LogP contribution in [0.1, 0.15) is 19.4 Å². The maximum absolute atomic E-state index is 11.0. The standard InChI is InChI=1S/C11H11N5O4/c1-2-9(11(17)18)15-13-10(12-14-15)7-3-5-8(6-4-7)16(19)20/h3-6,9H,2H2,1H3,(H,17,18). The Kier molecular flexibility index (Phi) is 3.69. The van der Waals surface area contributed by atoms with Crippen molar-refractivity contribution in [2.45, 2.75) is 19.4 Å². The van der Waals surface area contributed by atoms with Gasteiger partial charge in [-0.05, 0) is 23.8 Å². The zero-order valence-electron chi connectivity index (χ0n) is 10.5. The number of carboxylic acid groups (broad SMARTS) is 1. The molecule has 1 aromatic heterocycles. The zero-order valence-corrected chi connectivity index (χ0v) is 10.5. The summed E-state index contributed by atoms with van der Waals surface area (Å²) in [5.74, 6) is -0.820. The molecule has 1 unspecified atom stereocenters.